The molecule has 10 nitrogen and oxygen atoms in total. The van der Waals surface area contributed by atoms with Crippen LogP contribution < -0.4 is 0 Å². The second-order valence-corrected chi connectivity index (χ2v) is 17.2. The number of hydrogen-bond donors (Lipinski definition) is 1. The van der Waals surface area contributed by atoms with Gasteiger partial charge in [0.05, 0.1) is 12.3 Å². The second kappa shape index (κ2) is 20.9. The Morgan fingerprint density at radius 1 is 0.644 bits per heavy atom. The molecule has 308 valence electrons. The lowest BCUT2D eigenvalue weighted by atomic mass is 9.90. The fourth-order valence-corrected chi connectivity index (χ4v) is 8.40. The first-order valence-electron chi connectivity index (χ1n) is 20.6. The van der Waals surface area contributed by atoms with Crippen LogP contribution >= 0.6 is 11.8 Å². The molecule has 0 bridgehead atoms. The molecule has 1 atom stereocenters. The summed E-state index contributed by atoms with van der Waals surface area (Å²) in [6.07, 6.45) is 3.15. The van der Waals surface area contributed by atoms with Crippen LogP contribution in [0, 0.1) is 17.2 Å². The van der Waals surface area contributed by atoms with Crippen LogP contribution in [0.25, 0.3) is 0 Å². The summed E-state index contributed by atoms with van der Waals surface area (Å²) in [7, 11) is 0. The second-order valence-electron chi connectivity index (χ2n) is 16.0. The fraction of sp³-hybridized carbons (Fsp3) is 0.375. The van der Waals surface area contributed by atoms with Gasteiger partial charge in [0.15, 0.2) is 0 Å². The number of ether oxygens (including phenoxy) is 1. The van der Waals surface area contributed by atoms with Gasteiger partial charge in [-0.1, -0.05) is 98.4 Å². The van der Waals surface area contributed by atoms with Crippen molar-refractivity contribution >= 4 is 46.9 Å². The zero-order valence-corrected chi connectivity index (χ0v) is 35.0. The van der Waals surface area contributed by atoms with Crippen molar-refractivity contribution in [1.29, 1.82) is 5.41 Å². The standard InChI is InChI=1S/C48H54N4O6S/c1-33(2)30-44(50-58-48(56)52-28-24-38(25-29-52)36-12-8-5-9-13-36)46(54)40-16-20-42(21-17-40)59-41-18-14-39(15-19-41)45(53)43(49)31-34(3)32-57-47(55)51-26-22-37(23-27-51)35-10-6-4-7-11-35/h4-21,33-34,37-38,49H,22-32H2,1-3H3/b49-43?,50-44+. The Balaban J connectivity index is 0.940. The van der Waals surface area contributed by atoms with Gasteiger partial charge in [0, 0.05) is 47.1 Å². The fourth-order valence-electron chi connectivity index (χ4n) is 7.58. The number of nitrogens with zero attached hydrogens (tertiary/aromatic N) is 3. The highest BCUT2D eigenvalue weighted by molar-refractivity contribution is 7.99. The van der Waals surface area contributed by atoms with Gasteiger partial charge in [-0.25, -0.2) is 9.59 Å². The number of amides is 2. The quantitative estimate of drug-likeness (QED) is 0.0547. The third kappa shape index (κ3) is 12.2. The van der Waals surface area contributed by atoms with Crippen LogP contribution in [0.1, 0.15) is 103 Å². The van der Waals surface area contributed by atoms with Gasteiger partial charge in [-0.2, -0.15) is 0 Å². The highest BCUT2D eigenvalue weighted by atomic mass is 32.2. The molecule has 0 aromatic heterocycles. The van der Waals surface area contributed by atoms with E-state index in [-0.39, 0.29) is 53.9 Å². The highest BCUT2D eigenvalue weighted by Crippen LogP contribution is 2.31. The number of hydrogen-bond acceptors (Lipinski definition) is 9. The molecule has 2 aliphatic heterocycles. The smallest absolute Gasteiger partial charge is 0.435 e. The molecule has 6 rings (SSSR count). The molecular weight excluding hydrogens is 761 g/mol. The van der Waals surface area contributed by atoms with Gasteiger partial charge >= 0.3 is 12.2 Å². The number of ketones is 2. The predicted octanol–water partition coefficient (Wildman–Crippen LogP) is 10.7. The van der Waals surface area contributed by atoms with Crippen molar-refractivity contribution in [3.8, 4) is 0 Å². The van der Waals surface area contributed by atoms with E-state index in [0.717, 1.165) is 35.5 Å². The van der Waals surface area contributed by atoms with Crippen LogP contribution in [-0.2, 0) is 9.57 Å². The van der Waals surface area contributed by atoms with E-state index in [9.17, 15) is 19.2 Å². The van der Waals surface area contributed by atoms with Gasteiger partial charge in [0.25, 0.3) is 0 Å². The summed E-state index contributed by atoms with van der Waals surface area (Å²) < 4.78 is 5.58. The number of benzene rings is 4. The minimum absolute atomic E-state index is 0.0310. The van der Waals surface area contributed by atoms with Gasteiger partial charge in [-0.05, 0) is 122 Å². The van der Waals surface area contributed by atoms with Crippen LogP contribution in [0.3, 0.4) is 0 Å². The number of carbonyl (C=O) groups is 4. The largest absolute Gasteiger partial charge is 0.449 e. The summed E-state index contributed by atoms with van der Waals surface area (Å²) in [4.78, 5) is 62.8. The maximum atomic E-state index is 13.5. The van der Waals surface area contributed by atoms with Crippen LogP contribution in [0.15, 0.2) is 124 Å². The molecule has 0 spiro atoms. The van der Waals surface area contributed by atoms with E-state index in [4.69, 9.17) is 15.0 Å². The van der Waals surface area contributed by atoms with Gasteiger partial charge < -0.3 is 19.9 Å². The lowest BCUT2D eigenvalue weighted by Gasteiger charge is -2.31. The number of piperidine rings is 2. The van der Waals surface area contributed by atoms with Crippen LogP contribution in [-0.4, -0.2) is 77.8 Å². The van der Waals surface area contributed by atoms with Crippen molar-refractivity contribution < 1.29 is 28.8 Å². The molecule has 2 heterocycles. The first-order chi connectivity index (χ1) is 28.5. The Hall–Kier alpha value is -5.55. The summed E-state index contributed by atoms with van der Waals surface area (Å²) >= 11 is 1.48. The summed E-state index contributed by atoms with van der Waals surface area (Å²) in [6.45, 7) is 8.41. The number of rotatable bonds is 15. The molecule has 2 saturated heterocycles. The van der Waals surface area contributed by atoms with Crippen LogP contribution in [0.5, 0.6) is 0 Å². The summed E-state index contributed by atoms with van der Waals surface area (Å²) in [5.74, 6) is 0.137. The molecule has 0 saturated carbocycles. The van der Waals surface area contributed by atoms with E-state index < -0.39 is 6.09 Å². The predicted molar refractivity (Wildman–Crippen MR) is 232 cm³/mol. The molecule has 2 amide bonds. The SMILES string of the molecule is CC(C)C/C(=N\OC(=O)N1CCC(c2ccccc2)CC1)C(=O)c1ccc(Sc2ccc(C(=O)C(=N)CC(C)COC(=O)N3CCC(c4ccccc4)CC3)cc2)cc1. The molecule has 59 heavy (non-hydrogen) atoms. The van der Waals surface area contributed by atoms with Crippen molar-refractivity contribution in [2.75, 3.05) is 32.8 Å². The van der Waals surface area contributed by atoms with Crippen molar-refractivity contribution in [3.63, 3.8) is 0 Å². The topological polar surface area (TPSA) is 129 Å². The first kappa shape index (κ1) is 43.0. The van der Waals surface area contributed by atoms with E-state index in [0.29, 0.717) is 55.6 Å². The number of oxime groups is 1. The molecule has 1 unspecified atom stereocenters. The number of likely N-dealkylation sites (tertiary alicyclic amines) is 2. The van der Waals surface area contributed by atoms with Gasteiger partial charge in [-0.3, -0.25) is 14.4 Å². The lowest BCUT2D eigenvalue weighted by Crippen LogP contribution is -2.38. The third-order valence-corrected chi connectivity index (χ3v) is 11.9. The van der Waals surface area contributed by atoms with E-state index in [2.05, 4.69) is 29.4 Å². The molecule has 2 aliphatic rings. The summed E-state index contributed by atoms with van der Waals surface area (Å²) in [6, 6.07) is 35.0. The zero-order valence-electron chi connectivity index (χ0n) is 34.2. The van der Waals surface area contributed by atoms with E-state index in [1.165, 1.54) is 22.9 Å². The van der Waals surface area contributed by atoms with Gasteiger partial charge in [-0.15, -0.1) is 0 Å². The Morgan fingerprint density at radius 3 is 1.58 bits per heavy atom. The lowest BCUT2D eigenvalue weighted by molar-refractivity contribution is 0.0819. The minimum Gasteiger partial charge on any atom is -0.449 e. The van der Waals surface area contributed by atoms with Crippen molar-refractivity contribution in [2.24, 2.45) is 17.0 Å². The molecule has 4 aromatic rings. The van der Waals surface area contributed by atoms with E-state index in [1.54, 1.807) is 34.1 Å². The average Bonchev–Trinajstić information content (AvgIpc) is 3.27. The Morgan fingerprint density at radius 2 is 1.10 bits per heavy atom. The Labute approximate surface area is 351 Å². The summed E-state index contributed by atoms with van der Waals surface area (Å²) in [5.41, 5.74) is 3.61. The average molecular weight is 815 g/mol. The van der Waals surface area contributed by atoms with Crippen molar-refractivity contribution in [3.05, 3.63) is 131 Å². The summed E-state index contributed by atoms with van der Waals surface area (Å²) in [5, 5.41) is 12.5. The van der Waals surface area contributed by atoms with Crippen molar-refractivity contribution in [1.82, 2.24) is 9.80 Å². The maximum Gasteiger partial charge on any atom is 0.435 e. The number of nitrogens with one attached hydrogen (secondary N) is 1. The monoisotopic (exact) mass is 814 g/mol. The normalized spacial score (nSPS) is 15.8. The Kier molecular flexibility index (Phi) is 15.3. The van der Waals surface area contributed by atoms with Crippen LogP contribution in [0.2, 0.25) is 0 Å². The highest BCUT2D eigenvalue weighted by Gasteiger charge is 2.27. The molecule has 4 aromatic carbocycles. The number of Topliss-reactive ketones (excluding diaryl/α,β-unsaturated/α-hetero) is 2. The zero-order chi connectivity index (χ0) is 41.7. The molecule has 0 radical (unpaired) electrons. The number of carbonyl (C=O) groups excluding carboxylic acids is 4. The van der Waals surface area contributed by atoms with E-state index in [1.807, 2.05) is 81.4 Å². The molecule has 11 heteroatoms. The third-order valence-electron chi connectivity index (χ3n) is 10.9. The van der Waals surface area contributed by atoms with Gasteiger partial charge in [0.1, 0.15) is 5.71 Å². The minimum atomic E-state index is -0.541. The molecule has 0 aliphatic carbocycles. The maximum absolute atomic E-state index is 13.5. The van der Waals surface area contributed by atoms with Crippen molar-refractivity contribution in [2.45, 2.75) is 80.9 Å². The first-order valence-corrected chi connectivity index (χ1v) is 21.4. The molecule has 2 fully saturated rings. The van der Waals surface area contributed by atoms with Crippen LogP contribution in [0.4, 0.5) is 9.59 Å². The molecular formula is C48H54N4O6S. The Bertz CT molecular complexity index is 2070. The molecule has 1 N–H and O–H groups in total. The van der Waals surface area contributed by atoms with Gasteiger partial charge in [0.2, 0.25) is 11.6 Å². The van der Waals surface area contributed by atoms with E-state index >= 15 is 0 Å².